The molecule has 1 aromatic carbocycles. The standard InChI is InChI=1S/C16H16N2O4/c1-3-22-16(20)13-9-17-14-12-5-4-11(21-2)8-10(12)6-7-18(14)15(13)19/h4-5,8-9H,3,6-7H2,1-2H3. The molecule has 0 atom stereocenters. The van der Waals surface area contributed by atoms with Crippen LogP contribution in [-0.4, -0.2) is 29.2 Å². The number of carbonyl (C=O) groups excluding carboxylic acids is 1. The Kier molecular flexibility index (Phi) is 3.66. The Labute approximate surface area is 127 Å². The Hall–Kier alpha value is -2.63. The fraction of sp³-hybridized carbons (Fsp3) is 0.312. The highest BCUT2D eigenvalue weighted by Crippen LogP contribution is 2.29. The van der Waals surface area contributed by atoms with Gasteiger partial charge >= 0.3 is 5.97 Å². The van der Waals surface area contributed by atoms with E-state index in [1.807, 2.05) is 18.2 Å². The first-order chi connectivity index (χ1) is 10.7. The average Bonchev–Trinajstić information content (AvgIpc) is 2.54. The van der Waals surface area contributed by atoms with Crippen LogP contribution in [0.2, 0.25) is 0 Å². The van der Waals surface area contributed by atoms with Crippen LogP contribution in [0.5, 0.6) is 5.75 Å². The van der Waals surface area contributed by atoms with Crippen LogP contribution in [0.15, 0.2) is 29.2 Å². The Balaban J connectivity index is 2.10. The highest BCUT2D eigenvalue weighted by molar-refractivity contribution is 5.88. The normalized spacial score (nSPS) is 12.3. The van der Waals surface area contributed by atoms with Gasteiger partial charge < -0.3 is 9.47 Å². The van der Waals surface area contributed by atoms with Gasteiger partial charge in [-0.3, -0.25) is 9.36 Å². The van der Waals surface area contributed by atoms with E-state index in [1.165, 1.54) is 10.8 Å². The number of ether oxygens (including phenoxy) is 2. The van der Waals surface area contributed by atoms with E-state index in [2.05, 4.69) is 4.98 Å². The number of nitrogens with zero attached hydrogens (tertiary/aromatic N) is 2. The smallest absolute Gasteiger partial charge is 0.345 e. The topological polar surface area (TPSA) is 70.4 Å². The van der Waals surface area contributed by atoms with Crippen molar-refractivity contribution in [2.45, 2.75) is 19.9 Å². The van der Waals surface area contributed by atoms with Crippen molar-refractivity contribution in [2.24, 2.45) is 0 Å². The molecule has 0 radical (unpaired) electrons. The lowest BCUT2D eigenvalue weighted by Gasteiger charge is -2.21. The summed E-state index contributed by atoms with van der Waals surface area (Å²) in [5.41, 5.74) is 1.59. The molecule has 0 N–H and O–H groups in total. The third-order valence-electron chi connectivity index (χ3n) is 3.70. The summed E-state index contributed by atoms with van der Waals surface area (Å²) < 4.78 is 11.6. The summed E-state index contributed by atoms with van der Waals surface area (Å²) in [4.78, 5) is 28.6. The largest absolute Gasteiger partial charge is 0.497 e. The van der Waals surface area contributed by atoms with Gasteiger partial charge in [0, 0.05) is 18.3 Å². The minimum atomic E-state index is -0.629. The molecule has 2 aromatic rings. The molecule has 22 heavy (non-hydrogen) atoms. The SMILES string of the molecule is CCOC(=O)c1cnc2n(c1=O)CCc1cc(OC)ccc1-2. The van der Waals surface area contributed by atoms with E-state index in [0.717, 1.165) is 16.9 Å². The summed E-state index contributed by atoms with van der Waals surface area (Å²) in [7, 11) is 1.62. The Morgan fingerprint density at radius 3 is 2.95 bits per heavy atom. The van der Waals surface area contributed by atoms with Gasteiger partial charge in [0.1, 0.15) is 17.1 Å². The third-order valence-corrected chi connectivity index (χ3v) is 3.70. The molecule has 0 spiro atoms. The van der Waals surface area contributed by atoms with Crippen LogP contribution in [0.1, 0.15) is 22.8 Å². The molecule has 1 aliphatic heterocycles. The summed E-state index contributed by atoms with van der Waals surface area (Å²) in [5, 5.41) is 0. The summed E-state index contributed by atoms with van der Waals surface area (Å²) in [5.74, 6) is 0.718. The van der Waals surface area contributed by atoms with Crippen molar-refractivity contribution in [3.8, 4) is 17.1 Å². The number of aryl methyl sites for hydroxylation is 1. The number of methoxy groups -OCH3 is 1. The van der Waals surface area contributed by atoms with Crippen LogP contribution in [0.25, 0.3) is 11.4 Å². The molecule has 6 nitrogen and oxygen atoms in total. The maximum atomic E-state index is 12.5. The summed E-state index contributed by atoms with van der Waals surface area (Å²) >= 11 is 0. The van der Waals surface area contributed by atoms with Crippen LogP contribution in [-0.2, 0) is 17.7 Å². The van der Waals surface area contributed by atoms with Gasteiger partial charge in [0.05, 0.1) is 13.7 Å². The lowest BCUT2D eigenvalue weighted by Crippen LogP contribution is -2.32. The molecular weight excluding hydrogens is 284 g/mol. The van der Waals surface area contributed by atoms with Gasteiger partial charge in [-0.15, -0.1) is 0 Å². The molecule has 1 aliphatic rings. The predicted octanol–water partition coefficient (Wildman–Crippen LogP) is 1.65. The van der Waals surface area contributed by atoms with Crippen molar-refractivity contribution in [1.82, 2.24) is 9.55 Å². The van der Waals surface area contributed by atoms with Crippen molar-refractivity contribution in [3.05, 3.63) is 45.9 Å². The molecule has 0 aliphatic carbocycles. The van der Waals surface area contributed by atoms with Crippen molar-refractivity contribution < 1.29 is 14.3 Å². The van der Waals surface area contributed by atoms with E-state index < -0.39 is 5.97 Å². The Morgan fingerprint density at radius 1 is 1.41 bits per heavy atom. The molecule has 1 aromatic heterocycles. The van der Waals surface area contributed by atoms with E-state index in [0.29, 0.717) is 18.8 Å². The molecule has 114 valence electrons. The number of hydrogen-bond acceptors (Lipinski definition) is 5. The third kappa shape index (κ3) is 2.26. The van der Waals surface area contributed by atoms with Gasteiger partial charge in [0.2, 0.25) is 0 Å². The fourth-order valence-corrected chi connectivity index (χ4v) is 2.62. The van der Waals surface area contributed by atoms with Gasteiger partial charge in [-0.2, -0.15) is 0 Å². The quantitative estimate of drug-likeness (QED) is 0.806. The molecule has 0 saturated heterocycles. The number of esters is 1. The maximum Gasteiger partial charge on any atom is 0.345 e. The molecular formula is C16H16N2O4. The first kappa shape index (κ1) is 14.3. The minimum Gasteiger partial charge on any atom is -0.497 e. The van der Waals surface area contributed by atoms with E-state index in [-0.39, 0.29) is 17.7 Å². The molecule has 3 rings (SSSR count). The molecule has 0 bridgehead atoms. The van der Waals surface area contributed by atoms with E-state index in [1.54, 1.807) is 14.0 Å². The summed E-state index contributed by atoms with van der Waals surface area (Å²) in [6.45, 7) is 2.40. The van der Waals surface area contributed by atoms with E-state index in [9.17, 15) is 9.59 Å². The van der Waals surface area contributed by atoms with Gasteiger partial charge in [-0.25, -0.2) is 9.78 Å². The lowest BCUT2D eigenvalue weighted by atomic mass is 9.99. The van der Waals surface area contributed by atoms with Crippen molar-refractivity contribution >= 4 is 5.97 Å². The molecule has 0 unspecified atom stereocenters. The van der Waals surface area contributed by atoms with E-state index >= 15 is 0 Å². The van der Waals surface area contributed by atoms with Crippen LogP contribution in [0.3, 0.4) is 0 Å². The van der Waals surface area contributed by atoms with Crippen molar-refractivity contribution in [2.75, 3.05) is 13.7 Å². The zero-order valence-corrected chi connectivity index (χ0v) is 12.5. The van der Waals surface area contributed by atoms with Gasteiger partial charge in [0.15, 0.2) is 0 Å². The predicted molar refractivity (Wildman–Crippen MR) is 80.1 cm³/mol. The average molecular weight is 300 g/mol. The van der Waals surface area contributed by atoms with Crippen molar-refractivity contribution in [3.63, 3.8) is 0 Å². The monoisotopic (exact) mass is 300 g/mol. The maximum absolute atomic E-state index is 12.5. The number of benzene rings is 1. The Morgan fingerprint density at radius 2 is 2.23 bits per heavy atom. The number of fused-ring (bicyclic) bond motifs is 3. The van der Waals surface area contributed by atoms with Crippen LogP contribution < -0.4 is 10.3 Å². The molecule has 2 heterocycles. The van der Waals surface area contributed by atoms with Crippen LogP contribution >= 0.6 is 0 Å². The summed E-state index contributed by atoms with van der Waals surface area (Å²) in [6, 6.07) is 5.67. The first-order valence-corrected chi connectivity index (χ1v) is 7.10. The number of hydrogen-bond donors (Lipinski definition) is 0. The Bertz CT molecular complexity index is 795. The highest BCUT2D eigenvalue weighted by Gasteiger charge is 2.22. The minimum absolute atomic E-state index is 0.0254. The number of carbonyl (C=O) groups is 1. The lowest BCUT2D eigenvalue weighted by molar-refractivity contribution is 0.0523. The zero-order chi connectivity index (χ0) is 15.7. The second-order valence-corrected chi connectivity index (χ2v) is 4.95. The van der Waals surface area contributed by atoms with Crippen LogP contribution in [0.4, 0.5) is 0 Å². The number of rotatable bonds is 3. The molecule has 0 fully saturated rings. The zero-order valence-electron chi connectivity index (χ0n) is 12.5. The van der Waals surface area contributed by atoms with Gasteiger partial charge in [0.25, 0.3) is 5.56 Å². The molecule has 0 saturated carbocycles. The first-order valence-electron chi connectivity index (χ1n) is 7.10. The molecule has 0 amide bonds. The van der Waals surface area contributed by atoms with E-state index in [4.69, 9.17) is 9.47 Å². The molecule has 6 heteroatoms. The summed E-state index contributed by atoms with van der Waals surface area (Å²) in [6.07, 6.45) is 1.99. The van der Waals surface area contributed by atoms with Gasteiger partial charge in [-0.1, -0.05) is 0 Å². The highest BCUT2D eigenvalue weighted by atomic mass is 16.5. The second-order valence-electron chi connectivity index (χ2n) is 4.95. The van der Waals surface area contributed by atoms with Gasteiger partial charge in [-0.05, 0) is 37.1 Å². The van der Waals surface area contributed by atoms with Crippen LogP contribution in [0, 0.1) is 0 Å². The fourth-order valence-electron chi connectivity index (χ4n) is 2.62. The second kappa shape index (κ2) is 5.63. The number of aromatic nitrogens is 2. The van der Waals surface area contributed by atoms with Crippen molar-refractivity contribution in [1.29, 1.82) is 0 Å².